The molecule has 0 aromatic carbocycles. The zero-order valence-electron chi connectivity index (χ0n) is 9.39. The maximum absolute atomic E-state index is 11.9. The highest BCUT2D eigenvalue weighted by atomic mass is 32.2. The lowest BCUT2D eigenvalue weighted by Crippen LogP contribution is -2.26. The third-order valence-electron chi connectivity index (χ3n) is 2.64. The molecule has 0 saturated heterocycles. The number of carboxylic acid groups (broad SMARTS) is 1. The molecule has 1 aliphatic rings. The Balaban J connectivity index is 2.79. The largest absolute Gasteiger partial charge is 0.477 e. The topological polar surface area (TPSA) is 88.4 Å². The van der Waals surface area contributed by atoms with Crippen LogP contribution in [-0.4, -0.2) is 24.1 Å². The molecule has 17 heavy (non-hydrogen) atoms. The van der Waals surface area contributed by atoms with E-state index in [2.05, 4.69) is 4.72 Å². The summed E-state index contributed by atoms with van der Waals surface area (Å²) in [7, 11) is -2.13. The first-order chi connectivity index (χ1) is 7.86. The van der Waals surface area contributed by atoms with E-state index in [4.69, 9.17) is 5.11 Å². The first-order valence-electron chi connectivity index (χ1n) is 5.03. The molecule has 2 heterocycles. The van der Waals surface area contributed by atoms with E-state index in [1.807, 2.05) is 0 Å². The van der Waals surface area contributed by atoms with Gasteiger partial charge >= 0.3 is 5.97 Å². The Labute approximate surface area is 98.6 Å². The summed E-state index contributed by atoms with van der Waals surface area (Å²) in [5, 5.41) is 9.07. The van der Waals surface area contributed by atoms with Gasteiger partial charge in [-0.05, 0) is 12.5 Å². The molecule has 1 aromatic rings. The van der Waals surface area contributed by atoms with Crippen LogP contribution >= 0.6 is 0 Å². The third-order valence-corrected chi connectivity index (χ3v) is 4.08. The van der Waals surface area contributed by atoms with Crippen LogP contribution in [0.15, 0.2) is 16.8 Å². The maximum atomic E-state index is 11.9. The van der Waals surface area contributed by atoms with E-state index in [1.165, 1.54) is 17.8 Å². The van der Waals surface area contributed by atoms with E-state index in [0.717, 1.165) is 0 Å². The Kier molecular flexibility index (Phi) is 2.50. The lowest BCUT2D eigenvalue weighted by Gasteiger charge is -2.15. The molecular formula is C10H12N2O4S. The first-order valence-corrected chi connectivity index (χ1v) is 6.51. The predicted octanol–water partition coefficient (Wildman–Crippen LogP) is 0.766. The van der Waals surface area contributed by atoms with Crippen LogP contribution in [0.2, 0.25) is 0 Å². The van der Waals surface area contributed by atoms with Gasteiger partial charge < -0.3 is 9.67 Å². The molecular weight excluding hydrogens is 244 g/mol. The van der Waals surface area contributed by atoms with Crippen molar-refractivity contribution in [3.05, 3.63) is 23.2 Å². The average molecular weight is 256 g/mol. The fourth-order valence-electron chi connectivity index (χ4n) is 1.84. The molecule has 0 atom stereocenters. The summed E-state index contributed by atoms with van der Waals surface area (Å²) in [5.41, 5.74) is 0.720. The Morgan fingerprint density at radius 1 is 1.53 bits per heavy atom. The number of fused-ring (bicyclic) bond motifs is 1. The molecule has 0 fully saturated rings. The zero-order chi connectivity index (χ0) is 12.8. The number of aromatic nitrogens is 1. The van der Waals surface area contributed by atoms with Gasteiger partial charge in [-0.2, -0.15) is 0 Å². The van der Waals surface area contributed by atoms with Gasteiger partial charge in [0, 0.05) is 24.5 Å². The third kappa shape index (κ3) is 1.72. The minimum absolute atomic E-state index is 0.00889. The molecule has 0 aliphatic carbocycles. The fraction of sp³-hybridized carbons (Fsp3) is 0.300. The molecule has 0 bridgehead atoms. The standard InChI is InChI=1S/C10H12N2O4S/c1-3-6-4-7-8(17(15,16)11-6)5-12(2)9(7)10(13)14/h4-5,11H,3H2,1-2H3,(H,13,14). The van der Waals surface area contributed by atoms with E-state index in [-0.39, 0.29) is 16.2 Å². The summed E-state index contributed by atoms with van der Waals surface area (Å²) < 4.78 is 27.5. The maximum Gasteiger partial charge on any atom is 0.353 e. The van der Waals surface area contributed by atoms with E-state index in [9.17, 15) is 13.2 Å². The molecule has 0 amide bonds. The molecule has 2 rings (SSSR count). The number of aryl methyl sites for hydroxylation is 1. The van der Waals surface area contributed by atoms with Gasteiger partial charge in [0.05, 0.1) is 0 Å². The van der Waals surface area contributed by atoms with E-state index < -0.39 is 16.0 Å². The van der Waals surface area contributed by atoms with Crippen molar-refractivity contribution in [3.63, 3.8) is 0 Å². The number of hydrogen-bond acceptors (Lipinski definition) is 3. The minimum Gasteiger partial charge on any atom is -0.477 e. The van der Waals surface area contributed by atoms with Crippen molar-refractivity contribution in [3.8, 4) is 0 Å². The summed E-state index contributed by atoms with van der Waals surface area (Å²) in [4.78, 5) is 11.1. The van der Waals surface area contributed by atoms with Crippen molar-refractivity contribution in [2.75, 3.05) is 0 Å². The van der Waals surface area contributed by atoms with Crippen LogP contribution in [-0.2, 0) is 17.1 Å². The van der Waals surface area contributed by atoms with Gasteiger partial charge in [0.15, 0.2) is 0 Å². The summed E-state index contributed by atoms with van der Waals surface area (Å²) in [6.07, 6.45) is 3.37. The summed E-state index contributed by atoms with van der Waals surface area (Å²) >= 11 is 0. The predicted molar refractivity (Wildman–Crippen MR) is 61.0 cm³/mol. The number of aromatic carboxylic acids is 1. The van der Waals surface area contributed by atoms with Gasteiger partial charge in [0.2, 0.25) is 0 Å². The van der Waals surface area contributed by atoms with Crippen LogP contribution in [0.3, 0.4) is 0 Å². The second-order valence-electron chi connectivity index (χ2n) is 3.80. The normalized spacial score (nSPS) is 16.9. The van der Waals surface area contributed by atoms with Gasteiger partial charge in [0.25, 0.3) is 10.0 Å². The number of nitrogens with one attached hydrogen (secondary N) is 1. The van der Waals surface area contributed by atoms with Gasteiger partial charge in [-0.1, -0.05) is 6.92 Å². The van der Waals surface area contributed by atoms with Crippen molar-refractivity contribution >= 4 is 22.1 Å². The number of sulfonamides is 1. The van der Waals surface area contributed by atoms with E-state index in [1.54, 1.807) is 13.0 Å². The highest BCUT2D eigenvalue weighted by Crippen LogP contribution is 2.29. The number of rotatable bonds is 2. The van der Waals surface area contributed by atoms with Crippen molar-refractivity contribution in [2.24, 2.45) is 7.05 Å². The highest BCUT2D eigenvalue weighted by Gasteiger charge is 2.30. The number of carbonyl (C=O) groups is 1. The molecule has 1 aliphatic heterocycles. The van der Waals surface area contributed by atoms with Gasteiger partial charge in [-0.25, -0.2) is 13.2 Å². The van der Waals surface area contributed by atoms with E-state index in [0.29, 0.717) is 12.1 Å². The molecule has 0 unspecified atom stereocenters. The lowest BCUT2D eigenvalue weighted by molar-refractivity contribution is 0.0686. The molecule has 6 nitrogen and oxygen atoms in total. The number of allylic oxidation sites excluding steroid dienone is 1. The lowest BCUT2D eigenvalue weighted by atomic mass is 10.2. The molecule has 0 spiro atoms. The quantitative estimate of drug-likeness (QED) is 0.817. The van der Waals surface area contributed by atoms with Crippen LogP contribution < -0.4 is 4.72 Å². The van der Waals surface area contributed by atoms with Crippen LogP contribution in [0.25, 0.3) is 6.08 Å². The molecule has 92 valence electrons. The van der Waals surface area contributed by atoms with Crippen molar-refractivity contribution in [1.29, 1.82) is 0 Å². The van der Waals surface area contributed by atoms with Crippen LogP contribution in [0.1, 0.15) is 29.4 Å². The summed E-state index contributed by atoms with van der Waals surface area (Å²) in [6.45, 7) is 1.79. The average Bonchev–Trinajstić information content (AvgIpc) is 2.54. The number of carboxylic acids is 1. The van der Waals surface area contributed by atoms with Crippen LogP contribution in [0, 0.1) is 0 Å². The van der Waals surface area contributed by atoms with Crippen molar-refractivity contribution in [2.45, 2.75) is 18.2 Å². The van der Waals surface area contributed by atoms with Crippen molar-refractivity contribution < 1.29 is 18.3 Å². The Morgan fingerprint density at radius 2 is 2.18 bits per heavy atom. The number of nitrogens with zero attached hydrogens (tertiary/aromatic N) is 1. The molecule has 2 N–H and O–H groups in total. The molecule has 7 heteroatoms. The van der Waals surface area contributed by atoms with Crippen LogP contribution in [0.4, 0.5) is 0 Å². The van der Waals surface area contributed by atoms with Crippen molar-refractivity contribution in [1.82, 2.24) is 9.29 Å². The first kappa shape index (κ1) is 11.7. The second-order valence-corrected chi connectivity index (χ2v) is 5.45. The minimum atomic E-state index is -3.64. The summed E-state index contributed by atoms with van der Waals surface area (Å²) in [5.74, 6) is -1.14. The van der Waals surface area contributed by atoms with E-state index >= 15 is 0 Å². The Morgan fingerprint density at radius 3 is 2.71 bits per heavy atom. The van der Waals surface area contributed by atoms with Crippen LogP contribution in [0.5, 0.6) is 0 Å². The Bertz CT molecular complexity index is 625. The summed E-state index contributed by atoms with van der Waals surface area (Å²) in [6, 6.07) is 0. The Hall–Kier alpha value is -1.76. The SMILES string of the molecule is CCC1=Cc2c(cn(C)c2C(=O)O)S(=O)(=O)N1. The molecule has 0 radical (unpaired) electrons. The monoisotopic (exact) mass is 256 g/mol. The second kappa shape index (κ2) is 3.63. The smallest absolute Gasteiger partial charge is 0.353 e. The van der Waals surface area contributed by atoms with Gasteiger partial charge in [0.1, 0.15) is 10.6 Å². The zero-order valence-corrected chi connectivity index (χ0v) is 10.2. The highest BCUT2D eigenvalue weighted by molar-refractivity contribution is 7.89. The van der Waals surface area contributed by atoms with Gasteiger partial charge in [-0.3, -0.25) is 4.72 Å². The molecule has 0 saturated carbocycles. The molecule has 1 aromatic heterocycles. The van der Waals surface area contributed by atoms with Gasteiger partial charge in [-0.15, -0.1) is 0 Å². The number of hydrogen-bond donors (Lipinski definition) is 2. The fourth-order valence-corrected chi connectivity index (χ4v) is 3.24.